The molecule has 2 N–H and O–H groups in total. The van der Waals surface area contributed by atoms with Crippen LogP contribution >= 0.6 is 0 Å². The van der Waals surface area contributed by atoms with E-state index in [-0.39, 0.29) is 32.4 Å². The van der Waals surface area contributed by atoms with Crippen LogP contribution in [0.2, 0.25) is 0 Å². The number of carbonyl (C=O) groups is 3. The second kappa shape index (κ2) is 16.4. The zero-order valence-corrected chi connectivity index (χ0v) is 15.0. The van der Waals surface area contributed by atoms with Crippen LogP contribution in [0.5, 0.6) is 0 Å². The first-order valence-electron chi connectivity index (χ1n) is 9.19. The predicted octanol–water partition coefficient (Wildman–Crippen LogP) is 3.26. The van der Waals surface area contributed by atoms with Crippen LogP contribution in [0.4, 0.5) is 0 Å². The Morgan fingerprint density at radius 1 is 0.708 bits per heavy atom. The maximum absolute atomic E-state index is 11.5. The largest absolute Gasteiger partial charge is 0.464 e. The molecule has 6 nitrogen and oxygen atoms in total. The summed E-state index contributed by atoms with van der Waals surface area (Å²) in [6.45, 7) is 2.58. The number of unbranched alkanes of at least 4 members (excludes halogenated alkanes) is 8. The van der Waals surface area contributed by atoms with Crippen molar-refractivity contribution < 1.29 is 23.9 Å². The number of ether oxygens (including phenoxy) is 2. The Hall–Kier alpha value is -1.43. The SMILES string of the molecule is CCCCCCCCCCCC(=O)OC(=O)CCC(=O)OCCN. The summed E-state index contributed by atoms with van der Waals surface area (Å²) < 4.78 is 9.39. The normalized spacial score (nSPS) is 10.4. The van der Waals surface area contributed by atoms with E-state index in [1.165, 1.54) is 38.5 Å². The molecule has 0 heterocycles. The van der Waals surface area contributed by atoms with Crippen molar-refractivity contribution in [3.8, 4) is 0 Å². The Kier molecular flexibility index (Phi) is 15.4. The maximum atomic E-state index is 11.5. The van der Waals surface area contributed by atoms with Gasteiger partial charge in [0, 0.05) is 13.0 Å². The molecule has 0 spiro atoms. The molecule has 6 heteroatoms. The molecule has 0 unspecified atom stereocenters. The second-order valence-electron chi connectivity index (χ2n) is 5.93. The molecule has 0 aliphatic heterocycles. The molecule has 0 saturated carbocycles. The van der Waals surface area contributed by atoms with Crippen LogP contribution in [0.25, 0.3) is 0 Å². The number of nitrogens with two attached hydrogens (primary N) is 1. The summed E-state index contributed by atoms with van der Waals surface area (Å²) in [7, 11) is 0. The highest BCUT2D eigenvalue weighted by molar-refractivity contribution is 5.87. The molecule has 0 aromatic rings. The van der Waals surface area contributed by atoms with Crippen LogP contribution in [0.3, 0.4) is 0 Å². The van der Waals surface area contributed by atoms with Gasteiger partial charge in [0.2, 0.25) is 0 Å². The van der Waals surface area contributed by atoms with E-state index in [1.54, 1.807) is 0 Å². The molecule has 0 aliphatic carbocycles. The fourth-order valence-electron chi connectivity index (χ4n) is 2.26. The zero-order valence-electron chi connectivity index (χ0n) is 15.0. The minimum atomic E-state index is -0.680. The molecule has 0 rings (SSSR count). The third-order valence-corrected chi connectivity index (χ3v) is 3.63. The summed E-state index contributed by atoms with van der Waals surface area (Å²) >= 11 is 0. The first-order valence-corrected chi connectivity index (χ1v) is 9.19. The highest BCUT2D eigenvalue weighted by Crippen LogP contribution is 2.11. The van der Waals surface area contributed by atoms with E-state index in [0.717, 1.165) is 19.3 Å². The van der Waals surface area contributed by atoms with Gasteiger partial charge in [-0.05, 0) is 6.42 Å². The van der Waals surface area contributed by atoms with Gasteiger partial charge in [0.05, 0.1) is 12.8 Å². The van der Waals surface area contributed by atoms with Crippen LogP contribution in [-0.4, -0.2) is 31.1 Å². The molecule has 0 aromatic heterocycles. The summed E-state index contributed by atoms with van der Waals surface area (Å²) in [5, 5.41) is 0. The van der Waals surface area contributed by atoms with E-state index in [4.69, 9.17) is 10.5 Å². The van der Waals surface area contributed by atoms with Crippen molar-refractivity contribution in [2.45, 2.75) is 84.0 Å². The minimum Gasteiger partial charge on any atom is -0.464 e. The highest BCUT2D eigenvalue weighted by atomic mass is 16.6. The van der Waals surface area contributed by atoms with Crippen molar-refractivity contribution in [3.05, 3.63) is 0 Å². The Bertz CT molecular complexity index is 357. The third kappa shape index (κ3) is 15.5. The van der Waals surface area contributed by atoms with Gasteiger partial charge in [0.25, 0.3) is 0 Å². The van der Waals surface area contributed by atoms with Crippen LogP contribution in [-0.2, 0) is 23.9 Å². The van der Waals surface area contributed by atoms with E-state index >= 15 is 0 Å². The molecular weight excluding hydrogens is 310 g/mol. The van der Waals surface area contributed by atoms with Gasteiger partial charge in [-0.2, -0.15) is 0 Å². The molecule has 0 fully saturated rings. The standard InChI is InChI=1S/C18H33NO5/c1-2-3-4-5-6-7-8-9-10-11-17(21)24-18(22)13-12-16(20)23-15-14-19/h2-15,19H2,1H3. The Balaban J connectivity index is 3.48. The van der Waals surface area contributed by atoms with Crippen LogP contribution in [0, 0.1) is 0 Å². The summed E-state index contributed by atoms with van der Waals surface area (Å²) in [4.78, 5) is 34.1. The van der Waals surface area contributed by atoms with Crippen LogP contribution in [0.1, 0.15) is 84.0 Å². The molecular formula is C18H33NO5. The lowest BCUT2D eigenvalue weighted by Gasteiger charge is -2.04. The fourth-order valence-corrected chi connectivity index (χ4v) is 2.26. The predicted molar refractivity (Wildman–Crippen MR) is 92.2 cm³/mol. The zero-order chi connectivity index (χ0) is 18.0. The summed E-state index contributed by atoms with van der Waals surface area (Å²) in [5.74, 6) is -1.71. The van der Waals surface area contributed by atoms with Gasteiger partial charge in [-0.3, -0.25) is 14.4 Å². The minimum absolute atomic E-state index is 0.0931. The quantitative estimate of drug-likeness (QED) is 0.278. The van der Waals surface area contributed by atoms with Gasteiger partial charge < -0.3 is 15.2 Å². The molecule has 24 heavy (non-hydrogen) atoms. The molecule has 0 aromatic carbocycles. The highest BCUT2D eigenvalue weighted by Gasteiger charge is 2.13. The van der Waals surface area contributed by atoms with Crippen molar-refractivity contribution in [2.24, 2.45) is 5.73 Å². The number of hydrogen-bond acceptors (Lipinski definition) is 6. The Morgan fingerprint density at radius 3 is 1.79 bits per heavy atom. The smallest absolute Gasteiger partial charge is 0.314 e. The lowest BCUT2D eigenvalue weighted by molar-refractivity contribution is -0.161. The Labute approximate surface area is 145 Å². The van der Waals surface area contributed by atoms with Gasteiger partial charge in [-0.1, -0.05) is 58.3 Å². The van der Waals surface area contributed by atoms with Crippen molar-refractivity contribution in [1.82, 2.24) is 0 Å². The van der Waals surface area contributed by atoms with E-state index in [1.807, 2.05) is 0 Å². The maximum Gasteiger partial charge on any atom is 0.314 e. The van der Waals surface area contributed by atoms with Crippen LogP contribution in [0.15, 0.2) is 0 Å². The summed E-state index contributed by atoms with van der Waals surface area (Å²) in [6.07, 6.45) is 10.5. The average Bonchev–Trinajstić information content (AvgIpc) is 2.56. The second-order valence-corrected chi connectivity index (χ2v) is 5.93. The first-order chi connectivity index (χ1) is 11.6. The average molecular weight is 343 g/mol. The van der Waals surface area contributed by atoms with Crippen molar-refractivity contribution >= 4 is 17.9 Å². The summed E-state index contributed by atoms with van der Waals surface area (Å²) in [5.41, 5.74) is 5.19. The van der Waals surface area contributed by atoms with Crippen molar-refractivity contribution in [1.29, 1.82) is 0 Å². The van der Waals surface area contributed by atoms with Crippen molar-refractivity contribution in [2.75, 3.05) is 13.2 Å². The van der Waals surface area contributed by atoms with Gasteiger partial charge >= 0.3 is 17.9 Å². The van der Waals surface area contributed by atoms with Gasteiger partial charge in [0.1, 0.15) is 6.61 Å². The molecule has 0 amide bonds. The number of esters is 3. The number of carbonyl (C=O) groups excluding carboxylic acids is 3. The Morgan fingerprint density at radius 2 is 1.21 bits per heavy atom. The van der Waals surface area contributed by atoms with Gasteiger partial charge in [-0.25, -0.2) is 0 Å². The van der Waals surface area contributed by atoms with E-state index in [0.29, 0.717) is 0 Å². The molecule has 0 aliphatic rings. The lowest BCUT2D eigenvalue weighted by atomic mass is 10.1. The van der Waals surface area contributed by atoms with E-state index in [2.05, 4.69) is 11.7 Å². The van der Waals surface area contributed by atoms with Gasteiger partial charge in [-0.15, -0.1) is 0 Å². The first kappa shape index (κ1) is 22.6. The lowest BCUT2D eigenvalue weighted by Crippen LogP contribution is -2.16. The summed E-state index contributed by atoms with van der Waals surface area (Å²) in [6, 6.07) is 0. The van der Waals surface area contributed by atoms with E-state index < -0.39 is 17.9 Å². The van der Waals surface area contributed by atoms with Crippen molar-refractivity contribution in [3.63, 3.8) is 0 Å². The van der Waals surface area contributed by atoms with Crippen LogP contribution < -0.4 is 5.73 Å². The fraction of sp³-hybridized carbons (Fsp3) is 0.833. The molecule has 0 saturated heterocycles. The molecule has 0 atom stereocenters. The topological polar surface area (TPSA) is 95.7 Å². The molecule has 0 bridgehead atoms. The number of hydrogen-bond donors (Lipinski definition) is 1. The van der Waals surface area contributed by atoms with Gasteiger partial charge in [0.15, 0.2) is 0 Å². The molecule has 140 valence electrons. The molecule has 0 radical (unpaired) electrons. The number of rotatable bonds is 15. The monoisotopic (exact) mass is 343 g/mol. The third-order valence-electron chi connectivity index (χ3n) is 3.63. The van der Waals surface area contributed by atoms with E-state index in [9.17, 15) is 14.4 Å².